The minimum absolute atomic E-state index is 0.0315. The molecular formula is C23H19N3O4S. The van der Waals surface area contributed by atoms with Crippen LogP contribution in [-0.4, -0.2) is 26.4 Å². The van der Waals surface area contributed by atoms with Gasteiger partial charge in [-0.05, 0) is 48.5 Å². The summed E-state index contributed by atoms with van der Waals surface area (Å²) in [4.78, 5) is 17.8. The molecule has 0 radical (unpaired) electrons. The largest absolute Gasteiger partial charge is 0.497 e. The number of aromatic nitrogens is 1. The number of fused-ring (bicyclic) bond motifs is 1. The number of nitrogens with one attached hydrogen (secondary N) is 1. The average Bonchev–Trinajstić information content (AvgIpc) is 2.78. The number of carbonyl (C=O) groups excluding carboxylic acids is 1. The molecule has 0 aliphatic carbocycles. The molecule has 7 nitrogen and oxygen atoms in total. The van der Waals surface area contributed by atoms with E-state index in [4.69, 9.17) is 14.9 Å². The lowest BCUT2D eigenvalue weighted by Crippen LogP contribution is -2.14. The molecule has 0 saturated carbocycles. The molecule has 4 aromatic rings. The predicted octanol–water partition coefficient (Wildman–Crippen LogP) is 3.81. The molecule has 3 N–H and O–H groups in total. The summed E-state index contributed by atoms with van der Waals surface area (Å²) in [5.74, 6) is 0.245. The van der Waals surface area contributed by atoms with Crippen LogP contribution >= 0.6 is 0 Å². The van der Waals surface area contributed by atoms with Gasteiger partial charge < -0.3 is 10.1 Å². The van der Waals surface area contributed by atoms with Crippen molar-refractivity contribution in [1.29, 1.82) is 0 Å². The molecule has 1 amide bonds. The zero-order chi connectivity index (χ0) is 22.0. The number of hydrogen-bond acceptors (Lipinski definition) is 5. The van der Waals surface area contributed by atoms with E-state index in [0.29, 0.717) is 33.6 Å². The van der Waals surface area contributed by atoms with Crippen molar-refractivity contribution < 1.29 is 17.9 Å². The average molecular weight is 433 g/mol. The maximum Gasteiger partial charge on any atom is 0.256 e. The van der Waals surface area contributed by atoms with E-state index in [0.717, 1.165) is 5.56 Å². The maximum absolute atomic E-state index is 13.2. The first-order chi connectivity index (χ1) is 14.8. The van der Waals surface area contributed by atoms with Crippen molar-refractivity contribution >= 4 is 32.5 Å². The van der Waals surface area contributed by atoms with Gasteiger partial charge in [0.1, 0.15) is 5.75 Å². The number of amides is 1. The molecule has 3 aromatic carbocycles. The van der Waals surface area contributed by atoms with Crippen LogP contribution in [0.2, 0.25) is 0 Å². The molecule has 0 atom stereocenters. The quantitative estimate of drug-likeness (QED) is 0.497. The van der Waals surface area contributed by atoms with Gasteiger partial charge in [0.15, 0.2) is 0 Å². The number of benzene rings is 3. The highest BCUT2D eigenvalue weighted by Gasteiger charge is 2.16. The fourth-order valence-electron chi connectivity index (χ4n) is 3.20. The lowest BCUT2D eigenvalue weighted by Gasteiger charge is -2.12. The van der Waals surface area contributed by atoms with Gasteiger partial charge in [-0.2, -0.15) is 0 Å². The van der Waals surface area contributed by atoms with Crippen LogP contribution < -0.4 is 15.2 Å². The number of carbonyl (C=O) groups is 1. The Hall–Kier alpha value is -3.75. The van der Waals surface area contributed by atoms with Gasteiger partial charge in [0.25, 0.3) is 5.91 Å². The predicted molar refractivity (Wildman–Crippen MR) is 119 cm³/mol. The smallest absolute Gasteiger partial charge is 0.256 e. The summed E-state index contributed by atoms with van der Waals surface area (Å²) in [6.07, 6.45) is 0. The highest BCUT2D eigenvalue weighted by atomic mass is 32.2. The second-order valence-corrected chi connectivity index (χ2v) is 8.39. The molecule has 0 unspecified atom stereocenters. The Labute approximate surface area is 179 Å². The molecular weight excluding hydrogens is 414 g/mol. The van der Waals surface area contributed by atoms with Crippen molar-refractivity contribution in [3.63, 3.8) is 0 Å². The Balaban J connectivity index is 1.77. The normalized spacial score (nSPS) is 11.3. The van der Waals surface area contributed by atoms with E-state index in [-0.39, 0.29) is 10.8 Å². The fraction of sp³-hybridized carbons (Fsp3) is 0.0435. The molecule has 0 bridgehead atoms. The van der Waals surface area contributed by atoms with Crippen LogP contribution in [0.15, 0.2) is 83.8 Å². The van der Waals surface area contributed by atoms with Crippen molar-refractivity contribution in [1.82, 2.24) is 4.98 Å². The summed E-state index contributed by atoms with van der Waals surface area (Å²) in [5, 5.41) is 8.57. The number of rotatable bonds is 5. The monoisotopic (exact) mass is 433 g/mol. The number of methoxy groups -OCH3 is 1. The standard InChI is InChI=1S/C23H19N3O4S/c1-30-17-9-12-21-19(13-17)20(14-22(26-21)15-5-3-2-4-6-15)23(27)25-16-7-10-18(11-8-16)31(24,28)29/h2-14H,1H3,(H,25,27)(H2,24,28,29). The van der Waals surface area contributed by atoms with Crippen LogP contribution in [-0.2, 0) is 10.0 Å². The SMILES string of the molecule is COc1ccc2nc(-c3ccccc3)cc(C(=O)Nc3ccc(S(N)(=O)=O)cc3)c2c1. The first kappa shape index (κ1) is 20.5. The van der Waals surface area contributed by atoms with Crippen LogP contribution in [0.4, 0.5) is 5.69 Å². The highest BCUT2D eigenvalue weighted by Crippen LogP contribution is 2.28. The Morgan fingerprint density at radius 1 is 0.968 bits per heavy atom. The van der Waals surface area contributed by atoms with Crippen molar-refractivity contribution in [3.05, 3.63) is 84.4 Å². The third-order valence-electron chi connectivity index (χ3n) is 4.77. The lowest BCUT2D eigenvalue weighted by atomic mass is 10.0. The zero-order valence-corrected chi connectivity index (χ0v) is 17.4. The van der Waals surface area contributed by atoms with Gasteiger partial charge in [0.05, 0.1) is 28.8 Å². The second-order valence-electron chi connectivity index (χ2n) is 6.83. The van der Waals surface area contributed by atoms with Crippen LogP contribution in [0, 0.1) is 0 Å². The second kappa shape index (κ2) is 8.17. The van der Waals surface area contributed by atoms with E-state index in [1.54, 1.807) is 31.4 Å². The minimum Gasteiger partial charge on any atom is -0.497 e. The number of anilines is 1. The molecule has 8 heteroatoms. The zero-order valence-electron chi connectivity index (χ0n) is 16.6. The molecule has 0 saturated heterocycles. The van der Waals surface area contributed by atoms with Crippen molar-refractivity contribution in [2.75, 3.05) is 12.4 Å². The van der Waals surface area contributed by atoms with Crippen LogP contribution in [0.1, 0.15) is 10.4 Å². The Morgan fingerprint density at radius 3 is 2.32 bits per heavy atom. The third kappa shape index (κ3) is 4.40. The van der Waals surface area contributed by atoms with E-state index >= 15 is 0 Å². The molecule has 0 aliphatic rings. The number of nitrogens with two attached hydrogens (primary N) is 1. The molecule has 156 valence electrons. The lowest BCUT2D eigenvalue weighted by molar-refractivity contribution is 0.102. The number of pyridine rings is 1. The number of nitrogens with zero attached hydrogens (tertiary/aromatic N) is 1. The van der Waals surface area contributed by atoms with Crippen LogP contribution in [0.25, 0.3) is 22.2 Å². The molecule has 1 aromatic heterocycles. The van der Waals surface area contributed by atoms with Crippen LogP contribution in [0.3, 0.4) is 0 Å². The summed E-state index contributed by atoms with van der Waals surface area (Å²) in [5.41, 5.74) is 3.04. The maximum atomic E-state index is 13.2. The van der Waals surface area contributed by atoms with E-state index in [9.17, 15) is 13.2 Å². The van der Waals surface area contributed by atoms with E-state index in [2.05, 4.69) is 5.32 Å². The van der Waals surface area contributed by atoms with Crippen molar-refractivity contribution in [2.24, 2.45) is 5.14 Å². The Morgan fingerprint density at radius 2 is 1.68 bits per heavy atom. The van der Waals surface area contributed by atoms with Crippen molar-refractivity contribution in [3.8, 4) is 17.0 Å². The third-order valence-corrected chi connectivity index (χ3v) is 5.70. The van der Waals surface area contributed by atoms with Gasteiger partial charge in [0.2, 0.25) is 10.0 Å². The van der Waals surface area contributed by atoms with Crippen molar-refractivity contribution in [2.45, 2.75) is 4.90 Å². The van der Waals surface area contributed by atoms with Gasteiger partial charge in [-0.1, -0.05) is 30.3 Å². The molecule has 31 heavy (non-hydrogen) atoms. The van der Waals surface area contributed by atoms with E-state index < -0.39 is 10.0 Å². The summed E-state index contributed by atoms with van der Waals surface area (Å²) < 4.78 is 28.2. The molecule has 0 aliphatic heterocycles. The summed E-state index contributed by atoms with van der Waals surface area (Å²) in [6.45, 7) is 0. The molecule has 1 heterocycles. The van der Waals surface area contributed by atoms with Gasteiger partial charge in [-0.15, -0.1) is 0 Å². The topological polar surface area (TPSA) is 111 Å². The summed E-state index contributed by atoms with van der Waals surface area (Å²) >= 11 is 0. The Kier molecular flexibility index (Phi) is 5.41. The molecule has 4 rings (SSSR count). The van der Waals surface area contributed by atoms with Crippen LogP contribution in [0.5, 0.6) is 5.75 Å². The highest BCUT2D eigenvalue weighted by molar-refractivity contribution is 7.89. The summed E-state index contributed by atoms with van der Waals surface area (Å²) in [7, 11) is -2.25. The number of sulfonamides is 1. The van der Waals surface area contributed by atoms with E-state index in [1.165, 1.54) is 24.3 Å². The fourth-order valence-corrected chi connectivity index (χ4v) is 3.72. The number of primary sulfonamides is 1. The number of ether oxygens (including phenoxy) is 1. The van der Waals surface area contributed by atoms with Gasteiger partial charge >= 0.3 is 0 Å². The van der Waals surface area contributed by atoms with Gasteiger partial charge in [0, 0.05) is 16.6 Å². The first-order valence-electron chi connectivity index (χ1n) is 9.33. The minimum atomic E-state index is -3.81. The van der Waals surface area contributed by atoms with Gasteiger partial charge in [-0.3, -0.25) is 4.79 Å². The molecule has 0 fully saturated rings. The van der Waals surface area contributed by atoms with E-state index in [1.807, 2.05) is 30.3 Å². The van der Waals surface area contributed by atoms with Gasteiger partial charge in [-0.25, -0.2) is 18.5 Å². The summed E-state index contributed by atoms with van der Waals surface area (Å²) in [6, 6.07) is 22.3. The molecule has 0 spiro atoms. The first-order valence-corrected chi connectivity index (χ1v) is 10.9. The number of hydrogen-bond donors (Lipinski definition) is 2. The Bertz CT molecular complexity index is 1370.